The Labute approximate surface area is 157 Å². The molecule has 0 N–H and O–H groups in total. The number of hydrogen-bond acceptors (Lipinski definition) is 2. The van der Waals surface area contributed by atoms with E-state index in [-0.39, 0.29) is 16.6 Å². The minimum absolute atomic E-state index is 0.0927. The Bertz CT molecular complexity index is 877. The number of thiophene rings is 1. The Hall–Kier alpha value is -1.47. The Morgan fingerprint density at radius 2 is 1.81 bits per heavy atom. The van der Waals surface area contributed by atoms with Gasteiger partial charge in [-0.15, -0.1) is 24.5 Å². The molecule has 1 nitrogen and oxygen atoms in total. The zero-order valence-electron chi connectivity index (χ0n) is 14.7. The van der Waals surface area contributed by atoms with Gasteiger partial charge in [-0.2, -0.15) is 0 Å². The molecule has 1 aromatic heterocycles. The van der Waals surface area contributed by atoms with Crippen molar-refractivity contribution in [2.75, 3.05) is 0 Å². The second-order valence-corrected chi connectivity index (χ2v) is 8.52. The monoisotopic (exact) mass is 402 g/mol. The normalized spacial score (nSPS) is 28.5. The number of rotatable bonds is 2. The third-order valence-electron chi connectivity index (χ3n) is 5.61. The molecule has 146 valence electrons. The fourth-order valence-corrected chi connectivity index (χ4v) is 5.39. The lowest BCUT2D eigenvalue weighted by atomic mass is 9.79. The smallest absolute Gasteiger partial charge is 0.281 e. The summed E-state index contributed by atoms with van der Waals surface area (Å²) >= 11 is 0.894. The van der Waals surface area contributed by atoms with Crippen molar-refractivity contribution in [2.45, 2.75) is 57.2 Å². The lowest BCUT2D eigenvalue weighted by Crippen LogP contribution is -2.27. The lowest BCUT2D eigenvalue weighted by molar-refractivity contribution is -0.342. The molecule has 0 aliphatic heterocycles. The van der Waals surface area contributed by atoms with Crippen LogP contribution in [0.4, 0.5) is 22.0 Å². The molecule has 2 aliphatic carbocycles. The Morgan fingerprint density at radius 3 is 2.48 bits per heavy atom. The van der Waals surface area contributed by atoms with E-state index in [9.17, 15) is 17.6 Å². The molecule has 2 aromatic rings. The summed E-state index contributed by atoms with van der Waals surface area (Å²) in [5.41, 5.74) is 1.09. The van der Waals surface area contributed by atoms with Crippen LogP contribution in [-0.4, -0.2) is 12.5 Å². The molecule has 1 fully saturated rings. The van der Waals surface area contributed by atoms with Gasteiger partial charge in [0.25, 0.3) is 0 Å². The van der Waals surface area contributed by atoms with Crippen LogP contribution in [0.5, 0.6) is 0 Å². The SMILES string of the molecule is CC1CCC(c2ccc3c4c(sc3c2F)C(F)C(OC(F)(F)F)C=C4)CC1. The van der Waals surface area contributed by atoms with Crippen LogP contribution in [0.2, 0.25) is 0 Å². The minimum atomic E-state index is -4.93. The number of hydrogen-bond donors (Lipinski definition) is 0. The summed E-state index contributed by atoms with van der Waals surface area (Å²) in [5.74, 6) is 0.424. The van der Waals surface area contributed by atoms with Crippen LogP contribution in [0.15, 0.2) is 18.2 Å². The zero-order chi connectivity index (χ0) is 19.3. The third-order valence-corrected chi connectivity index (χ3v) is 6.88. The van der Waals surface area contributed by atoms with Gasteiger partial charge < -0.3 is 0 Å². The topological polar surface area (TPSA) is 9.23 Å². The number of benzene rings is 1. The van der Waals surface area contributed by atoms with Gasteiger partial charge in [0.1, 0.15) is 11.9 Å². The molecule has 1 saturated carbocycles. The Kier molecular flexibility index (Phi) is 4.79. The van der Waals surface area contributed by atoms with Gasteiger partial charge >= 0.3 is 6.36 Å². The summed E-state index contributed by atoms with van der Waals surface area (Å²) in [6.45, 7) is 2.19. The standard InChI is InChI=1S/C20H19F5OS/c1-10-2-4-11(5-3-10)12-6-7-13-14-8-9-15(26-20(23,24)25)17(22)19(14)27-18(13)16(12)21/h6-11,15,17H,2-5H2,1H3. The Morgan fingerprint density at radius 1 is 1.11 bits per heavy atom. The van der Waals surface area contributed by atoms with Crippen molar-refractivity contribution in [1.82, 2.24) is 0 Å². The first kappa shape index (κ1) is 18.9. The molecule has 0 saturated heterocycles. The summed E-state index contributed by atoms with van der Waals surface area (Å²) < 4.78 is 71.4. The van der Waals surface area contributed by atoms with Crippen LogP contribution in [0.1, 0.15) is 60.7 Å². The maximum atomic E-state index is 15.2. The molecule has 0 radical (unpaired) electrons. The van der Waals surface area contributed by atoms with Crippen molar-refractivity contribution in [2.24, 2.45) is 5.92 Å². The average Bonchev–Trinajstić information content (AvgIpc) is 2.98. The minimum Gasteiger partial charge on any atom is -0.281 e. The predicted molar refractivity (Wildman–Crippen MR) is 96.0 cm³/mol. The highest BCUT2D eigenvalue weighted by Crippen LogP contribution is 2.46. The second-order valence-electron chi connectivity index (χ2n) is 7.47. The fraction of sp³-hybridized carbons (Fsp3) is 0.500. The van der Waals surface area contributed by atoms with E-state index < -0.39 is 18.6 Å². The average molecular weight is 402 g/mol. The number of alkyl halides is 4. The highest BCUT2D eigenvalue weighted by molar-refractivity contribution is 7.19. The van der Waals surface area contributed by atoms with Crippen molar-refractivity contribution in [3.05, 3.63) is 40.0 Å². The van der Waals surface area contributed by atoms with Crippen LogP contribution >= 0.6 is 11.3 Å². The molecule has 27 heavy (non-hydrogen) atoms. The molecule has 4 rings (SSSR count). The lowest BCUT2D eigenvalue weighted by Gasteiger charge is -2.26. The molecule has 2 unspecified atom stereocenters. The van der Waals surface area contributed by atoms with Crippen molar-refractivity contribution >= 4 is 27.5 Å². The van der Waals surface area contributed by atoms with Gasteiger partial charge in [-0.05, 0) is 35.8 Å². The molecule has 0 spiro atoms. The predicted octanol–water partition coefficient (Wildman–Crippen LogP) is 7.28. The molecule has 2 atom stereocenters. The van der Waals surface area contributed by atoms with Gasteiger partial charge in [0, 0.05) is 5.39 Å². The molecular weight excluding hydrogens is 383 g/mol. The number of fused-ring (bicyclic) bond motifs is 3. The van der Waals surface area contributed by atoms with E-state index in [1.165, 1.54) is 6.08 Å². The molecule has 0 amide bonds. The van der Waals surface area contributed by atoms with Crippen molar-refractivity contribution in [3.8, 4) is 0 Å². The van der Waals surface area contributed by atoms with Gasteiger partial charge in [-0.3, -0.25) is 4.74 Å². The summed E-state index contributed by atoms with van der Waals surface area (Å²) in [5, 5.41) is 0.546. The van der Waals surface area contributed by atoms with Gasteiger partial charge in [-0.25, -0.2) is 8.78 Å². The summed E-state index contributed by atoms with van der Waals surface area (Å²) in [6.07, 6.45) is -2.24. The van der Waals surface area contributed by atoms with Crippen molar-refractivity contribution in [1.29, 1.82) is 0 Å². The molecular formula is C20H19F5OS. The summed E-state index contributed by atoms with van der Waals surface area (Å²) in [6, 6.07) is 3.52. The fourth-order valence-electron chi connectivity index (χ4n) is 4.14. The van der Waals surface area contributed by atoms with Crippen LogP contribution < -0.4 is 0 Å². The summed E-state index contributed by atoms with van der Waals surface area (Å²) in [7, 11) is 0. The first-order valence-electron chi connectivity index (χ1n) is 9.06. The van der Waals surface area contributed by atoms with Gasteiger partial charge in [0.2, 0.25) is 0 Å². The maximum Gasteiger partial charge on any atom is 0.523 e. The van der Waals surface area contributed by atoms with E-state index in [1.807, 2.05) is 0 Å². The highest BCUT2D eigenvalue weighted by Gasteiger charge is 2.40. The van der Waals surface area contributed by atoms with Gasteiger partial charge in [-0.1, -0.05) is 44.1 Å². The number of halogens is 5. The van der Waals surface area contributed by atoms with E-state index in [1.54, 1.807) is 12.1 Å². The van der Waals surface area contributed by atoms with Crippen LogP contribution in [0.25, 0.3) is 16.2 Å². The van der Waals surface area contributed by atoms with E-state index in [0.29, 0.717) is 27.1 Å². The van der Waals surface area contributed by atoms with Gasteiger partial charge in [0.15, 0.2) is 6.17 Å². The largest absolute Gasteiger partial charge is 0.523 e. The zero-order valence-corrected chi connectivity index (χ0v) is 15.5. The molecule has 1 heterocycles. The van der Waals surface area contributed by atoms with Crippen molar-refractivity contribution < 1.29 is 26.7 Å². The van der Waals surface area contributed by atoms with Crippen LogP contribution in [-0.2, 0) is 4.74 Å². The number of ether oxygens (including phenoxy) is 1. The van der Waals surface area contributed by atoms with E-state index >= 15 is 4.39 Å². The summed E-state index contributed by atoms with van der Waals surface area (Å²) in [4.78, 5) is 0.0927. The molecule has 7 heteroatoms. The molecule has 2 aliphatic rings. The van der Waals surface area contributed by atoms with E-state index in [4.69, 9.17) is 0 Å². The van der Waals surface area contributed by atoms with Gasteiger partial charge in [0.05, 0.1) is 9.58 Å². The van der Waals surface area contributed by atoms with Crippen LogP contribution in [0.3, 0.4) is 0 Å². The second kappa shape index (κ2) is 6.85. The van der Waals surface area contributed by atoms with E-state index in [2.05, 4.69) is 11.7 Å². The highest BCUT2D eigenvalue weighted by atomic mass is 32.1. The maximum absolute atomic E-state index is 15.2. The van der Waals surface area contributed by atoms with Crippen LogP contribution in [0, 0.1) is 11.7 Å². The first-order chi connectivity index (χ1) is 12.7. The third kappa shape index (κ3) is 3.51. The molecule has 0 bridgehead atoms. The first-order valence-corrected chi connectivity index (χ1v) is 9.88. The quantitative estimate of drug-likeness (QED) is 0.480. The van der Waals surface area contributed by atoms with E-state index in [0.717, 1.165) is 43.1 Å². The van der Waals surface area contributed by atoms with Crippen molar-refractivity contribution in [3.63, 3.8) is 0 Å². The molecule has 1 aromatic carbocycles. The Balaban J connectivity index is 1.70.